The van der Waals surface area contributed by atoms with Crippen molar-refractivity contribution in [3.8, 4) is 11.9 Å². The van der Waals surface area contributed by atoms with Gasteiger partial charge in [-0.3, -0.25) is 24.3 Å². The number of carbonyl (C=O) groups excluding carboxylic acids is 1. The quantitative estimate of drug-likeness (QED) is 0.517. The Kier molecular flexibility index (Phi) is 4.70. The van der Waals surface area contributed by atoms with Gasteiger partial charge in [-0.2, -0.15) is 5.26 Å². The van der Waals surface area contributed by atoms with Gasteiger partial charge in [0.25, 0.3) is 11.2 Å². The summed E-state index contributed by atoms with van der Waals surface area (Å²) in [7, 11) is 0. The maximum Gasteiger partial charge on any atom is 0.280 e. The molecule has 2 aromatic rings. The Morgan fingerprint density at radius 3 is 2.48 bits per heavy atom. The van der Waals surface area contributed by atoms with Crippen LogP contribution in [0.15, 0.2) is 29.1 Å². The van der Waals surface area contributed by atoms with Crippen LogP contribution in [-0.4, -0.2) is 20.4 Å². The first-order valence-corrected chi connectivity index (χ1v) is 7.38. The Morgan fingerprint density at radius 1 is 1.36 bits per heavy atom. The Hall–Kier alpha value is -3.47. The monoisotopic (exact) mass is 341 g/mol. The van der Waals surface area contributed by atoms with Gasteiger partial charge in [0.15, 0.2) is 0 Å². The van der Waals surface area contributed by atoms with Gasteiger partial charge in [-0.05, 0) is 32.4 Å². The lowest BCUT2D eigenvalue weighted by Crippen LogP contribution is -2.28. The van der Waals surface area contributed by atoms with Crippen molar-refractivity contribution in [2.75, 3.05) is 0 Å². The molecule has 0 spiro atoms. The van der Waals surface area contributed by atoms with E-state index in [-0.39, 0.29) is 22.3 Å². The molecule has 25 heavy (non-hydrogen) atoms. The molecule has 8 nitrogen and oxygen atoms in total. The summed E-state index contributed by atoms with van der Waals surface area (Å²) in [6, 6.07) is 6.52. The number of hydrogen-bond acceptors (Lipinski definition) is 6. The standard InChI is InChI=1S/C17H15N3O5/c1-9(2)19-16(22)12(8-18)10(3)14(17(19)23)15(21)11-6-4-5-7-13(11)20(24)25/h4-7,9,23H,1-3H3. The van der Waals surface area contributed by atoms with E-state index in [0.29, 0.717) is 0 Å². The molecule has 1 heterocycles. The Balaban J connectivity index is 2.87. The minimum absolute atomic E-state index is 0.00921. The molecule has 0 fully saturated rings. The first-order chi connectivity index (χ1) is 11.7. The second-order valence-corrected chi connectivity index (χ2v) is 5.68. The van der Waals surface area contributed by atoms with Gasteiger partial charge in [-0.15, -0.1) is 0 Å². The Labute approximate surface area is 142 Å². The van der Waals surface area contributed by atoms with Crippen molar-refractivity contribution in [2.24, 2.45) is 0 Å². The van der Waals surface area contributed by atoms with Gasteiger partial charge in [-0.25, -0.2) is 0 Å². The summed E-state index contributed by atoms with van der Waals surface area (Å²) in [5, 5.41) is 30.9. The van der Waals surface area contributed by atoms with Crippen molar-refractivity contribution in [3.63, 3.8) is 0 Å². The van der Waals surface area contributed by atoms with E-state index < -0.39 is 33.9 Å². The highest BCUT2D eigenvalue weighted by atomic mass is 16.6. The number of rotatable bonds is 4. The smallest absolute Gasteiger partial charge is 0.280 e. The van der Waals surface area contributed by atoms with E-state index in [2.05, 4.69) is 0 Å². The average molecular weight is 341 g/mol. The summed E-state index contributed by atoms with van der Waals surface area (Å²) >= 11 is 0. The molecular formula is C17H15N3O5. The van der Waals surface area contributed by atoms with E-state index in [1.165, 1.54) is 31.2 Å². The number of hydrogen-bond donors (Lipinski definition) is 1. The highest BCUT2D eigenvalue weighted by Gasteiger charge is 2.29. The zero-order valence-corrected chi connectivity index (χ0v) is 13.8. The zero-order valence-electron chi connectivity index (χ0n) is 13.8. The van der Waals surface area contributed by atoms with Crippen LogP contribution in [0.5, 0.6) is 5.88 Å². The average Bonchev–Trinajstić information content (AvgIpc) is 2.54. The highest BCUT2D eigenvalue weighted by molar-refractivity contribution is 6.13. The van der Waals surface area contributed by atoms with Crippen molar-refractivity contribution in [1.82, 2.24) is 4.57 Å². The summed E-state index contributed by atoms with van der Waals surface area (Å²) in [4.78, 5) is 35.7. The molecule has 128 valence electrons. The maximum absolute atomic E-state index is 12.9. The lowest BCUT2D eigenvalue weighted by molar-refractivity contribution is -0.385. The predicted octanol–water partition coefficient (Wildman–Crippen LogP) is 2.45. The number of pyridine rings is 1. The molecule has 0 aliphatic heterocycles. The number of aromatic hydroxyl groups is 1. The van der Waals surface area contributed by atoms with Crippen LogP contribution in [0.2, 0.25) is 0 Å². The number of aromatic nitrogens is 1. The molecule has 0 saturated heterocycles. The van der Waals surface area contributed by atoms with Gasteiger partial charge >= 0.3 is 0 Å². The topological polar surface area (TPSA) is 126 Å². The third kappa shape index (κ3) is 2.87. The molecule has 1 N–H and O–H groups in total. The van der Waals surface area contributed by atoms with Crippen LogP contribution in [0.3, 0.4) is 0 Å². The minimum atomic E-state index is -0.826. The minimum Gasteiger partial charge on any atom is -0.494 e. The van der Waals surface area contributed by atoms with Gasteiger partial charge in [0.1, 0.15) is 17.2 Å². The molecule has 8 heteroatoms. The number of para-hydroxylation sites is 1. The molecule has 0 radical (unpaired) electrons. The zero-order chi connectivity index (χ0) is 18.9. The second kappa shape index (κ2) is 6.57. The van der Waals surface area contributed by atoms with Crippen molar-refractivity contribution in [2.45, 2.75) is 26.8 Å². The second-order valence-electron chi connectivity index (χ2n) is 5.68. The normalized spacial score (nSPS) is 10.5. The maximum atomic E-state index is 12.9. The number of benzene rings is 1. The van der Waals surface area contributed by atoms with Gasteiger partial charge in [0, 0.05) is 12.1 Å². The number of nitro groups is 1. The fourth-order valence-electron chi connectivity index (χ4n) is 2.63. The molecule has 1 aromatic heterocycles. The first kappa shape index (κ1) is 17.9. The van der Waals surface area contributed by atoms with Crippen molar-refractivity contribution >= 4 is 11.5 Å². The van der Waals surface area contributed by atoms with E-state index in [0.717, 1.165) is 4.57 Å². The van der Waals surface area contributed by atoms with Crippen LogP contribution in [0.1, 0.15) is 46.9 Å². The molecule has 0 aliphatic rings. The number of nitro benzene ring substituents is 1. The number of nitriles is 1. The van der Waals surface area contributed by atoms with Gasteiger partial charge in [-0.1, -0.05) is 12.1 Å². The van der Waals surface area contributed by atoms with Gasteiger partial charge < -0.3 is 5.11 Å². The fraction of sp³-hybridized carbons (Fsp3) is 0.235. The van der Waals surface area contributed by atoms with E-state index in [1.807, 2.05) is 0 Å². The highest BCUT2D eigenvalue weighted by Crippen LogP contribution is 2.29. The number of nitrogens with zero attached hydrogens (tertiary/aromatic N) is 3. The van der Waals surface area contributed by atoms with Gasteiger partial charge in [0.2, 0.25) is 11.7 Å². The van der Waals surface area contributed by atoms with Gasteiger partial charge in [0.05, 0.1) is 10.5 Å². The van der Waals surface area contributed by atoms with Crippen molar-refractivity contribution < 1.29 is 14.8 Å². The SMILES string of the molecule is Cc1c(C(=O)c2ccccc2[N+](=O)[O-])c(O)n(C(C)C)c(=O)c1C#N. The third-order valence-corrected chi connectivity index (χ3v) is 3.84. The molecule has 1 aromatic carbocycles. The fourth-order valence-corrected chi connectivity index (χ4v) is 2.63. The lowest BCUT2D eigenvalue weighted by atomic mass is 9.96. The first-order valence-electron chi connectivity index (χ1n) is 7.38. The van der Waals surface area contributed by atoms with Crippen molar-refractivity contribution in [3.05, 3.63) is 67.0 Å². The van der Waals surface area contributed by atoms with E-state index >= 15 is 0 Å². The molecule has 0 saturated carbocycles. The molecule has 0 unspecified atom stereocenters. The molecule has 0 atom stereocenters. The molecular weight excluding hydrogens is 326 g/mol. The summed E-state index contributed by atoms with van der Waals surface area (Å²) in [6.07, 6.45) is 0. The molecule has 0 amide bonds. The van der Waals surface area contributed by atoms with Crippen LogP contribution in [-0.2, 0) is 0 Å². The predicted molar refractivity (Wildman–Crippen MR) is 88.7 cm³/mol. The number of ketones is 1. The van der Waals surface area contributed by atoms with Crippen LogP contribution >= 0.6 is 0 Å². The Morgan fingerprint density at radius 2 is 1.96 bits per heavy atom. The molecule has 0 aliphatic carbocycles. The number of carbonyl (C=O) groups is 1. The van der Waals surface area contributed by atoms with Crippen LogP contribution in [0.25, 0.3) is 0 Å². The lowest BCUT2D eigenvalue weighted by Gasteiger charge is -2.18. The summed E-state index contributed by atoms with van der Waals surface area (Å²) in [5.74, 6) is -1.44. The van der Waals surface area contributed by atoms with E-state index in [1.54, 1.807) is 19.9 Å². The Bertz CT molecular complexity index is 983. The molecule has 0 bridgehead atoms. The van der Waals surface area contributed by atoms with Crippen LogP contribution in [0, 0.1) is 28.4 Å². The summed E-state index contributed by atoms with van der Waals surface area (Å²) < 4.78 is 0.924. The largest absolute Gasteiger partial charge is 0.494 e. The van der Waals surface area contributed by atoms with E-state index in [4.69, 9.17) is 0 Å². The summed E-state index contributed by atoms with van der Waals surface area (Å²) in [5.41, 5.74) is -1.96. The van der Waals surface area contributed by atoms with Crippen LogP contribution < -0.4 is 5.56 Å². The third-order valence-electron chi connectivity index (χ3n) is 3.84. The van der Waals surface area contributed by atoms with Crippen molar-refractivity contribution in [1.29, 1.82) is 5.26 Å². The van der Waals surface area contributed by atoms with Crippen LogP contribution in [0.4, 0.5) is 5.69 Å². The van der Waals surface area contributed by atoms with E-state index in [9.17, 15) is 30.1 Å². The summed E-state index contributed by atoms with van der Waals surface area (Å²) in [6.45, 7) is 4.57. The molecule has 2 rings (SSSR count).